The molecule has 0 aromatic rings. The van der Waals surface area contributed by atoms with Crippen LogP contribution in [0, 0.1) is 0 Å². The predicted octanol–water partition coefficient (Wildman–Crippen LogP) is -0.199. The van der Waals surface area contributed by atoms with Gasteiger partial charge in [-0.1, -0.05) is 0 Å². The molecule has 0 unspecified atom stereocenters. The fourth-order valence-corrected chi connectivity index (χ4v) is 0.935. The van der Waals surface area contributed by atoms with Gasteiger partial charge in [0.1, 0.15) is 0 Å². The first kappa shape index (κ1) is 9.40. The fraction of sp³-hybridized carbons (Fsp3) is 0.333. The molecule has 0 spiro atoms. The number of ether oxygens (including phenoxy) is 1. The van der Waals surface area contributed by atoms with E-state index in [2.05, 4.69) is 20.7 Å². The maximum absolute atomic E-state index is 10.7. The third kappa shape index (κ3) is 2.33. The second-order valence-corrected chi connectivity index (χ2v) is 2.07. The molecule has 0 aliphatic carbocycles. The van der Waals surface area contributed by atoms with E-state index in [9.17, 15) is 9.59 Å². The van der Waals surface area contributed by atoms with Crippen molar-refractivity contribution < 1.29 is 14.3 Å². The Morgan fingerprint density at radius 1 is 1.50 bits per heavy atom. The van der Waals surface area contributed by atoms with Crippen molar-refractivity contribution in [3.8, 4) is 0 Å². The standard InChI is InChI=1S/C6H7O3Se/c1-4(7)5(3-10)6(8)9-2/h3H,1-2H3/b5-3-. The molecular formula is C6H7O3Se. The minimum absolute atomic E-state index is 0.0440. The molecule has 0 aromatic carbocycles. The molecule has 0 bridgehead atoms. The molecule has 0 rings (SSSR count). The molecule has 3 nitrogen and oxygen atoms in total. The molecule has 1 radical (unpaired) electrons. The van der Waals surface area contributed by atoms with Gasteiger partial charge in [-0.05, 0) is 0 Å². The quantitative estimate of drug-likeness (QED) is 0.206. The summed E-state index contributed by atoms with van der Waals surface area (Å²) in [5.74, 6) is -0.906. The van der Waals surface area contributed by atoms with Crippen molar-refractivity contribution in [3.63, 3.8) is 0 Å². The Bertz CT molecular complexity index is 183. The summed E-state index contributed by atoms with van der Waals surface area (Å²) >= 11 is 2.46. The van der Waals surface area contributed by atoms with Crippen LogP contribution >= 0.6 is 0 Å². The zero-order valence-corrected chi connectivity index (χ0v) is 7.42. The molecule has 0 fully saturated rings. The van der Waals surface area contributed by atoms with Gasteiger partial charge in [-0.15, -0.1) is 0 Å². The van der Waals surface area contributed by atoms with Crippen LogP contribution in [0.3, 0.4) is 0 Å². The second kappa shape index (κ2) is 4.25. The monoisotopic (exact) mass is 207 g/mol. The van der Waals surface area contributed by atoms with Crippen LogP contribution in [0.15, 0.2) is 10.5 Å². The van der Waals surface area contributed by atoms with Crippen molar-refractivity contribution in [1.29, 1.82) is 0 Å². The van der Waals surface area contributed by atoms with Crippen LogP contribution in [0.2, 0.25) is 0 Å². The van der Waals surface area contributed by atoms with Crippen molar-refractivity contribution in [1.82, 2.24) is 0 Å². The molecule has 0 aliphatic rings. The summed E-state index contributed by atoms with van der Waals surface area (Å²) in [5.41, 5.74) is 0.0440. The number of carbonyl (C=O) groups is 2. The van der Waals surface area contributed by atoms with Gasteiger partial charge in [0.15, 0.2) is 0 Å². The topological polar surface area (TPSA) is 43.4 Å². The van der Waals surface area contributed by atoms with Gasteiger partial charge in [-0.25, -0.2) is 0 Å². The van der Waals surface area contributed by atoms with Crippen LogP contribution in [0.4, 0.5) is 0 Å². The summed E-state index contributed by atoms with van der Waals surface area (Å²) in [6.07, 6.45) is 0. The average molecular weight is 206 g/mol. The Morgan fingerprint density at radius 2 is 2.00 bits per heavy atom. The average Bonchev–Trinajstić information content (AvgIpc) is 1.88. The van der Waals surface area contributed by atoms with E-state index in [4.69, 9.17) is 0 Å². The van der Waals surface area contributed by atoms with Gasteiger partial charge in [-0.2, -0.15) is 0 Å². The molecule has 0 atom stereocenters. The zero-order chi connectivity index (χ0) is 8.15. The van der Waals surface area contributed by atoms with Crippen LogP contribution in [0.25, 0.3) is 0 Å². The SMILES string of the molecule is COC(=O)/C(=C\[Se])C(C)=O. The van der Waals surface area contributed by atoms with E-state index in [1.165, 1.54) is 19.0 Å². The van der Waals surface area contributed by atoms with Gasteiger partial charge < -0.3 is 0 Å². The molecule has 0 saturated heterocycles. The third-order valence-corrected chi connectivity index (χ3v) is 1.40. The van der Waals surface area contributed by atoms with E-state index in [0.29, 0.717) is 0 Å². The number of rotatable bonds is 2. The van der Waals surface area contributed by atoms with Gasteiger partial charge in [0.05, 0.1) is 0 Å². The summed E-state index contributed by atoms with van der Waals surface area (Å²) in [6, 6.07) is 0. The zero-order valence-electron chi connectivity index (χ0n) is 5.71. The number of Topliss-reactive ketones (excluding diaryl/α,β-unsaturated/α-hetero) is 1. The molecule has 10 heavy (non-hydrogen) atoms. The maximum atomic E-state index is 10.7. The number of hydrogen-bond acceptors (Lipinski definition) is 3. The molecule has 0 aliphatic heterocycles. The number of hydrogen-bond donors (Lipinski definition) is 0. The molecule has 0 N–H and O–H groups in total. The van der Waals surface area contributed by atoms with Gasteiger partial charge in [0.25, 0.3) is 0 Å². The van der Waals surface area contributed by atoms with Crippen molar-refractivity contribution in [2.24, 2.45) is 0 Å². The number of ketones is 1. The number of methoxy groups -OCH3 is 1. The Labute approximate surface area is 67.2 Å². The van der Waals surface area contributed by atoms with Crippen LogP contribution in [0.1, 0.15) is 6.92 Å². The summed E-state index contributed by atoms with van der Waals surface area (Å²) in [5, 5.41) is 0. The van der Waals surface area contributed by atoms with E-state index in [0.717, 1.165) is 0 Å². The molecule has 0 aromatic heterocycles. The van der Waals surface area contributed by atoms with Crippen molar-refractivity contribution in [2.75, 3.05) is 7.11 Å². The predicted molar refractivity (Wildman–Crippen MR) is 36.5 cm³/mol. The van der Waals surface area contributed by atoms with E-state index < -0.39 is 5.97 Å². The van der Waals surface area contributed by atoms with Crippen molar-refractivity contribution >= 4 is 27.8 Å². The van der Waals surface area contributed by atoms with Crippen LogP contribution in [-0.2, 0) is 14.3 Å². The normalized spacial score (nSPS) is 10.8. The number of esters is 1. The second-order valence-electron chi connectivity index (χ2n) is 1.58. The first-order chi connectivity index (χ1) is 4.63. The Morgan fingerprint density at radius 3 is 2.10 bits per heavy atom. The number of carbonyl (C=O) groups excluding carboxylic acids is 2. The summed E-state index contributed by atoms with van der Waals surface area (Å²) in [4.78, 5) is 22.6. The van der Waals surface area contributed by atoms with E-state index in [-0.39, 0.29) is 11.4 Å². The van der Waals surface area contributed by atoms with Gasteiger partial charge in [0, 0.05) is 0 Å². The first-order valence-electron chi connectivity index (χ1n) is 2.54. The Hall–Kier alpha value is -0.601. The van der Waals surface area contributed by atoms with Crippen molar-refractivity contribution in [2.45, 2.75) is 6.92 Å². The van der Waals surface area contributed by atoms with Crippen LogP contribution < -0.4 is 0 Å². The molecule has 0 saturated carbocycles. The van der Waals surface area contributed by atoms with Crippen LogP contribution in [-0.4, -0.2) is 34.9 Å². The molecule has 55 valence electrons. The van der Waals surface area contributed by atoms with Gasteiger partial charge >= 0.3 is 66.7 Å². The van der Waals surface area contributed by atoms with E-state index in [1.54, 1.807) is 0 Å². The third-order valence-electron chi connectivity index (χ3n) is 0.902. The first-order valence-corrected chi connectivity index (χ1v) is 3.53. The summed E-state index contributed by atoms with van der Waals surface area (Å²) in [6.45, 7) is 1.31. The molecule has 4 heteroatoms. The van der Waals surface area contributed by atoms with E-state index >= 15 is 0 Å². The van der Waals surface area contributed by atoms with Crippen molar-refractivity contribution in [3.05, 3.63) is 10.5 Å². The van der Waals surface area contributed by atoms with Crippen LogP contribution in [0.5, 0.6) is 0 Å². The molecular weight excluding hydrogens is 199 g/mol. The summed E-state index contributed by atoms with van der Waals surface area (Å²) in [7, 11) is 1.23. The van der Waals surface area contributed by atoms with Gasteiger partial charge in [0.2, 0.25) is 0 Å². The molecule has 0 heterocycles. The Kier molecular flexibility index (Phi) is 4.00. The molecule has 0 amide bonds. The minimum atomic E-state index is -0.605. The fourth-order valence-electron chi connectivity index (χ4n) is 0.385. The summed E-state index contributed by atoms with van der Waals surface area (Å²) < 4.78 is 4.32. The van der Waals surface area contributed by atoms with E-state index in [1.807, 2.05) is 0 Å². The van der Waals surface area contributed by atoms with Gasteiger partial charge in [-0.3, -0.25) is 0 Å². The Balaban J connectivity index is 4.39.